The minimum atomic E-state index is -0.115. The number of aryl methyl sites for hydroxylation is 3. The van der Waals surface area contributed by atoms with E-state index in [1.54, 1.807) is 6.33 Å². The first kappa shape index (κ1) is 13.4. The number of hydrogen-bond acceptors (Lipinski definition) is 2. The van der Waals surface area contributed by atoms with Crippen LogP contribution in [-0.2, 0) is 7.05 Å². The number of fused-ring (bicyclic) bond motifs is 1. The largest absolute Gasteiger partial charge is 0.334 e. The summed E-state index contributed by atoms with van der Waals surface area (Å²) in [5.41, 5.74) is 5.47. The number of nitrogens with one attached hydrogen (secondary N) is 1. The van der Waals surface area contributed by atoms with Crippen molar-refractivity contribution in [3.63, 3.8) is 0 Å². The predicted molar refractivity (Wildman–Crippen MR) is 84.6 cm³/mol. The average molecular weight is 279 g/mol. The third-order valence-corrected chi connectivity index (χ3v) is 3.63. The van der Waals surface area contributed by atoms with Gasteiger partial charge < -0.3 is 9.88 Å². The van der Waals surface area contributed by atoms with Crippen LogP contribution in [0.3, 0.4) is 0 Å². The topological polar surface area (TPSA) is 46.9 Å². The van der Waals surface area contributed by atoms with Crippen LogP contribution in [0.2, 0.25) is 0 Å². The summed E-state index contributed by atoms with van der Waals surface area (Å²) in [6.07, 6.45) is 1.75. The fourth-order valence-electron chi connectivity index (χ4n) is 2.34. The molecule has 0 atom stereocenters. The zero-order valence-corrected chi connectivity index (χ0v) is 12.3. The normalized spacial score (nSPS) is 10.8. The molecule has 0 fully saturated rings. The molecule has 4 nitrogen and oxygen atoms in total. The van der Waals surface area contributed by atoms with Crippen LogP contribution in [-0.4, -0.2) is 15.5 Å². The highest BCUT2D eigenvalue weighted by atomic mass is 16.1. The van der Waals surface area contributed by atoms with Crippen molar-refractivity contribution >= 4 is 22.6 Å². The molecule has 1 heterocycles. The van der Waals surface area contributed by atoms with Gasteiger partial charge in [-0.1, -0.05) is 12.1 Å². The van der Waals surface area contributed by atoms with Crippen molar-refractivity contribution < 1.29 is 4.79 Å². The van der Waals surface area contributed by atoms with Gasteiger partial charge in [0.05, 0.1) is 17.4 Å². The Morgan fingerprint density at radius 1 is 1.14 bits per heavy atom. The van der Waals surface area contributed by atoms with Gasteiger partial charge in [0.25, 0.3) is 5.91 Å². The van der Waals surface area contributed by atoms with Crippen molar-refractivity contribution in [1.29, 1.82) is 0 Å². The molecule has 0 radical (unpaired) electrons. The van der Waals surface area contributed by atoms with Gasteiger partial charge in [0, 0.05) is 18.3 Å². The molecule has 0 unspecified atom stereocenters. The number of amides is 1. The van der Waals surface area contributed by atoms with Gasteiger partial charge in [0.15, 0.2) is 0 Å². The van der Waals surface area contributed by atoms with Crippen LogP contribution in [0.15, 0.2) is 42.7 Å². The molecular formula is C17H17N3O. The second-order valence-electron chi connectivity index (χ2n) is 5.33. The van der Waals surface area contributed by atoms with E-state index >= 15 is 0 Å². The molecule has 0 aliphatic rings. The molecule has 3 aromatic rings. The maximum atomic E-state index is 12.4. The Labute approximate surface area is 123 Å². The van der Waals surface area contributed by atoms with Gasteiger partial charge in [-0.3, -0.25) is 4.79 Å². The van der Waals surface area contributed by atoms with E-state index in [2.05, 4.69) is 10.3 Å². The maximum absolute atomic E-state index is 12.4. The Morgan fingerprint density at radius 2 is 1.95 bits per heavy atom. The van der Waals surface area contributed by atoms with E-state index in [1.807, 2.05) is 61.9 Å². The molecule has 3 rings (SSSR count). The second-order valence-corrected chi connectivity index (χ2v) is 5.33. The van der Waals surface area contributed by atoms with E-state index in [1.165, 1.54) is 0 Å². The lowest BCUT2D eigenvalue weighted by atomic mass is 10.1. The van der Waals surface area contributed by atoms with Crippen LogP contribution >= 0.6 is 0 Å². The number of imidazole rings is 1. The zero-order chi connectivity index (χ0) is 15.0. The standard InChI is InChI=1S/C17H17N3O/c1-11-4-5-12(2)14(8-11)19-17(21)13-6-7-16-15(9-13)18-10-20(16)3/h4-10H,1-3H3,(H,19,21). The van der Waals surface area contributed by atoms with Crippen molar-refractivity contribution in [3.05, 3.63) is 59.4 Å². The van der Waals surface area contributed by atoms with Crippen molar-refractivity contribution in [2.75, 3.05) is 5.32 Å². The van der Waals surface area contributed by atoms with Crippen LogP contribution in [0.25, 0.3) is 11.0 Å². The first-order chi connectivity index (χ1) is 10.0. The fourth-order valence-corrected chi connectivity index (χ4v) is 2.34. The lowest BCUT2D eigenvalue weighted by molar-refractivity contribution is 0.102. The smallest absolute Gasteiger partial charge is 0.255 e. The van der Waals surface area contributed by atoms with Gasteiger partial charge in [-0.15, -0.1) is 0 Å². The molecule has 0 saturated carbocycles. The summed E-state index contributed by atoms with van der Waals surface area (Å²) in [5.74, 6) is -0.115. The molecule has 0 aliphatic heterocycles. The van der Waals surface area contributed by atoms with Crippen LogP contribution in [0, 0.1) is 13.8 Å². The van der Waals surface area contributed by atoms with Gasteiger partial charge in [0.2, 0.25) is 0 Å². The van der Waals surface area contributed by atoms with Gasteiger partial charge >= 0.3 is 0 Å². The monoisotopic (exact) mass is 279 g/mol. The lowest BCUT2D eigenvalue weighted by Crippen LogP contribution is -2.12. The van der Waals surface area contributed by atoms with E-state index < -0.39 is 0 Å². The molecule has 1 amide bonds. The summed E-state index contributed by atoms with van der Waals surface area (Å²) in [7, 11) is 1.94. The number of benzene rings is 2. The molecule has 2 aromatic carbocycles. The van der Waals surface area contributed by atoms with Crippen molar-refractivity contribution in [2.45, 2.75) is 13.8 Å². The first-order valence-corrected chi connectivity index (χ1v) is 6.84. The van der Waals surface area contributed by atoms with Gasteiger partial charge in [-0.05, 0) is 49.2 Å². The number of carbonyl (C=O) groups excluding carboxylic acids is 1. The van der Waals surface area contributed by atoms with Crippen molar-refractivity contribution in [3.8, 4) is 0 Å². The minimum Gasteiger partial charge on any atom is -0.334 e. The number of aromatic nitrogens is 2. The summed E-state index contributed by atoms with van der Waals surface area (Å²) in [5, 5.41) is 2.97. The molecule has 0 saturated heterocycles. The molecular weight excluding hydrogens is 262 g/mol. The molecule has 0 aliphatic carbocycles. The summed E-state index contributed by atoms with van der Waals surface area (Å²) >= 11 is 0. The summed E-state index contributed by atoms with van der Waals surface area (Å²) < 4.78 is 1.93. The number of anilines is 1. The van der Waals surface area contributed by atoms with Crippen LogP contribution in [0.5, 0.6) is 0 Å². The molecule has 106 valence electrons. The zero-order valence-electron chi connectivity index (χ0n) is 12.3. The van der Waals surface area contributed by atoms with E-state index in [4.69, 9.17) is 0 Å². The summed E-state index contributed by atoms with van der Waals surface area (Å²) in [6.45, 7) is 3.99. The molecule has 1 N–H and O–H groups in total. The minimum absolute atomic E-state index is 0.115. The Bertz CT molecular complexity index is 833. The van der Waals surface area contributed by atoms with Gasteiger partial charge in [-0.25, -0.2) is 4.98 Å². The van der Waals surface area contributed by atoms with E-state index in [9.17, 15) is 4.79 Å². The first-order valence-electron chi connectivity index (χ1n) is 6.84. The third-order valence-electron chi connectivity index (χ3n) is 3.63. The molecule has 0 bridgehead atoms. The third kappa shape index (κ3) is 2.52. The Kier molecular flexibility index (Phi) is 3.22. The van der Waals surface area contributed by atoms with Crippen LogP contribution in [0.4, 0.5) is 5.69 Å². The Hall–Kier alpha value is -2.62. The fraction of sp³-hybridized carbons (Fsp3) is 0.176. The van der Waals surface area contributed by atoms with E-state index in [-0.39, 0.29) is 5.91 Å². The second kappa shape index (κ2) is 5.05. The van der Waals surface area contributed by atoms with Gasteiger partial charge in [-0.2, -0.15) is 0 Å². The van der Waals surface area contributed by atoms with E-state index in [0.717, 1.165) is 27.8 Å². The average Bonchev–Trinajstić information content (AvgIpc) is 2.84. The SMILES string of the molecule is Cc1ccc(C)c(NC(=O)c2ccc3c(c2)ncn3C)c1. The van der Waals surface area contributed by atoms with Crippen LogP contribution < -0.4 is 5.32 Å². The summed E-state index contributed by atoms with van der Waals surface area (Å²) in [6, 6.07) is 11.6. The quantitative estimate of drug-likeness (QED) is 0.781. The molecule has 21 heavy (non-hydrogen) atoms. The lowest BCUT2D eigenvalue weighted by Gasteiger charge is -2.09. The number of nitrogens with zero attached hydrogens (tertiary/aromatic N) is 2. The molecule has 0 spiro atoms. The van der Waals surface area contributed by atoms with Crippen molar-refractivity contribution in [1.82, 2.24) is 9.55 Å². The van der Waals surface area contributed by atoms with Crippen LogP contribution in [0.1, 0.15) is 21.5 Å². The number of rotatable bonds is 2. The van der Waals surface area contributed by atoms with Crippen molar-refractivity contribution in [2.24, 2.45) is 7.05 Å². The highest BCUT2D eigenvalue weighted by molar-refractivity contribution is 6.06. The highest BCUT2D eigenvalue weighted by Crippen LogP contribution is 2.19. The van der Waals surface area contributed by atoms with E-state index in [0.29, 0.717) is 5.56 Å². The molecule has 4 heteroatoms. The molecule has 1 aromatic heterocycles. The highest BCUT2D eigenvalue weighted by Gasteiger charge is 2.10. The van der Waals surface area contributed by atoms with Gasteiger partial charge in [0.1, 0.15) is 0 Å². The Morgan fingerprint density at radius 3 is 2.76 bits per heavy atom. The summed E-state index contributed by atoms with van der Waals surface area (Å²) in [4.78, 5) is 16.7. The number of hydrogen-bond donors (Lipinski definition) is 1. The Balaban J connectivity index is 1.91. The predicted octanol–water partition coefficient (Wildman–Crippen LogP) is 3.44. The number of carbonyl (C=O) groups is 1. The maximum Gasteiger partial charge on any atom is 0.255 e.